The number of nitrogens with two attached hydrogens (primary N) is 1. The second-order valence-corrected chi connectivity index (χ2v) is 23.0. The van der Waals surface area contributed by atoms with Crippen molar-refractivity contribution in [2.45, 2.75) is 84.2 Å². The molecule has 80 heavy (non-hydrogen) atoms. The molecule has 0 spiro atoms. The average molecular weight is 1130 g/mol. The van der Waals surface area contributed by atoms with Gasteiger partial charge < -0.3 is 40.6 Å². The highest BCUT2D eigenvalue weighted by Gasteiger charge is 2.44. The first-order chi connectivity index (χ1) is 38.4. The van der Waals surface area contributed by atoms with Gasteiger partial charge in [-0.2, -0.15) is 16.9 Å². The van der Waals surface area contributed by atoms with Crippen molar-refractivity contribution in [3.8, 4) is 22.6 Å². The van der Waals surface area contributed by atoms with Crippen LogP contribution in [0.15, 0.2) is 103 Å². The summed E-state index contributed by atoms with van der Waals surface area (Å²) in [4.78, 5) is 40.2. The molecule has 3 fully saturated rings. The van der Waals surface area contributed by atoms with Gasteiger partial charge in [0.25, 0.3) is 5.91 Å². The van der Waals surface area contributed by atoms with Gasteiger partial charge >= 0.3 is 0 Å². The monoisotopic (exact) mass is 1130 g/mol. The van der Waals surface area contributed by atoms with Crippen LogP contribution in [0.2, 0.25) is 0 Å². The minimum atomic E-state index is -1.34. The highest BCUT2D eigenvalue weighted by molar-refractivity contribution is 7.99. The lowest BCUT2D eigenvalue weighted by molar-refractivity contribution is -0.146. The SMILES string of the molecule is C[C@H](O)C(=O)N(C[C@@H]1CNC[C@@H]1F)[C@@H](c1nc(-c2cc(F)ccc2F)nn1Cc1ccccc1)C(C)(C)C.NCCSCC(=O)N(C[C@@H]1CNC[C@@H]1F)[C@@H](c1nc(-c2cc(F)ccc2F)cn1Cc1ccccc1)C1CCOCC1. The van der Waals surface area contributed by atoms with Crippen LogP contribution in [0.3, 0.4) is 0 Å². The molecular weight excluding hydrogens is 1060 g/mol. The second-order valence-electron chi connectivity index (χ2n) is 21.9. The molecule has 0 radical (unpaired) electrons. The van der Waals surface area contributed by atoms with Gasteiger partial charge in [-0.1, -0.05) is 81.4 Å². The molecule has 2 amide bonds. The summed E-state index contributed by atoms with van der Waals surface area (Å²) < 4.78 is 96.9. The van der Waals surface area contributed by atoms with E-state index in [2.05, 4.69) is 20.7 Å². The van der Waals surface area contributed by atoms with E-state index in [0.29, 0.717) is 69.6 Å². The lowest BCUT2D eigenvalue weighted by atomic mass is 9.84. The van der Waals surface area contributed by atoms with Crippen molar-refractivity contribution in [2.24, 2.45) is 28.9 Å². The van der Waals surface area contributed by atoms with E-state index in [-0.39, 0.29) is 78.9 Å². The Hall–Kier alpha value is -6.10. The van der Waals surface area contributed by atoms with Gasteiger partial charge in [0.05, 0.1) is 35.6 Å². The number of alkyl halides is 2. The zero-order valence-electron chi connectivity index (χ0n) is 45.6. The fourth-order valence-corrected chi connectivity index (χ4v) is 11.4. The molecule has 0 bridgehead atoms. The number of carbonyl (C=O) groups excluding carboxylic acids is 2. The molecule has 14 nitrogen and oxygen atoms in total. The Kier molecular flexibility index (Phi) is 20.7. The van der Waals surface area contributed by atoms with Crippen LogP contribution in [0, 0.1) is 46.4 Å². The second kappa shape index (κ2) is 27.6. The Balaban J connectivity index is 0.000000211. The molecule has 3 aliphatic rings. The zero-order valence-corrected chi connectivity index (χ0v) is 46.4. The smallest absolute Gasteiger partial charge is 0.251 e. The molecule has 5 heterocycles. The van der Waals surface area contributed by atoms with Gasteiger partial charge in [-0.15, -0.1) is 0 Å². The molecule has 2 aromatic heterocycles. The number of imidazole rings is 1. The third-order valence-electron chi connectivity index (χ3n) is 14.8. The van der Waals surface area contributed by atoms with Crippen LogP contribution >= 0.6 is 11.8 Å². The van der Waals surface area contributed by atoms with Crippen LogP contribution in [0.5, 0.6) is 0 Å². The molecule has 3 saturated heterocycles. The molecule has 21 heteroatoms. The summed E-state index contributed by atoms with van der Waals surface area (Å²) in [6.45, 7) is 10.8. The minimum absolute atomic E-state index is 0.0169. The van der Waals surface area contributed by atoms with E-state index < -0.39 is 71.0 Å². The number of aromatic nitrogens is 5. The van der Waals surface area contributed by atoms with Crippen molar-refractivity contribution in [3.05, 3.63) is 149 Å². The molecular formula is C59H72F6N10O4S. The maximum atomic E-state index is 15.0. The van der Waals surface area contributed by atoms with Crippen molar-refractivity contribution in [1.82, 2.24) is 44.7 Å². The van der Waals surface area contributed by atoms with Crippen LogP contribution in [-0.2, 0) is 27.4 Å². The number of aliphatic hydroxyl groups is 1. The number of hydrogen-bond donors (Lipinski definition) is 4. The van der Waals surface area contributed by atoms with E-state index in [4.69, 9.17) is 15.5 Å². The fraction of sp³-hybridized carbons (Fsp3) is 0.475. The van der Waals surface area contributed by atoms with E-state index in [9.17, 15) is 41.0 Å². The number of aliphatic hydroxyl groups excluding tert-OH is 1. The lowest BCUT2D eigenvalue weighted by Gasteiger charge is -2.41. The Bertz CT molecular complexity index is 2980. The molecule has 6 aromatic rings. The highest BCUT2D eigenvalue weighted by Crippen LogP contribution is 2.41. The molecule has 0 saturated carbocycles. The van der Waals surface area contributed by atoms with Crippen LogP contribution in [0.25, 0.3) is 22.6 Å². The van der Waals surface area contributed by atoms with Crippen molar-refractivity contribution in [3.63, 3.8) is 0 Å². The minimum Gasteiger partial charge on any atom is -0.384 e. The average Bonchev–Trinajstić information content (AvgIpc) is 4.26. The van der Waals surface area contributed by atoms with Gasteiger partial charge in [0.2, 0.25) is 5.91 Å². The molecule has 9 rings (SSSR count). The molecule has 7 atom stereocenters. The summed E-state index contributed by atoms with van der Waals surface area (Å²) in [5.74, 6) is -2.31. The number of benzene rings is 4. The van der Waals surface area contributed by atoms with E-state index in [0.717, 1.165) is 47.5 Å². The number of carbonyl (C=O) groups is 2. The number of ether oxygens (including phenoxy) is 1. The van der Waals surface area contributed by atoms with Crippen molar-refractivity contribution >= 4 is 23.6 Å². The van der Waals surface area contributed by atoms with E-state index >= 15 is 0 Å². The Labute approximate surface area is 467 Å². The maximum absolute atomic E-state index is 15.0. The summed E-state index contributed by atoms with van der Waals surface area (Å²) in [7, 11) is 0. The number of thioether (sulfide) groups is 1. The van der Waals surface area contributed by atoms with Crippen LogP contribution in [0.1, 0.15) is 75.4 Å². The summed E-state index contributed by atoms with van der Waals surface area (Å²) >= 11 is 1.45. The number of halogens is 6. The predicted molar refractivity (Wildman–Crippen MR) is 297 cm³/mol. The van der Waals surface area contributed by atoms with E-state index in [1.807, 2.05) is 86.0 Å². The van der Waals surface area contributed by atoms with Crippen LogP contribution in [-0.4, -0.2) is 140 Å². The maximum Gasteiger partial charge on any atom is 0.251 e. The van der Waals surface area contributed by atoms with Gasteiger partial charge in [-0.05, 0) is 78.6 Å². The van der Waals surface area contributed by atoms with Crippen molar-refractivity contribution in [2.75, 3.05) is 70.5 Å². The predicted octanol–water partition coefficient (Wildman–Crippen LogP) is 8.55. The first-order valence-electron chi connectivity index (χ1n) is 27.2. The molecule has 4 aromatic carbocycles. The Morgan fingerprint density at radius 3 is 1.89 bits per heavy atom. The number of amides is 2. The number of rotatable bonds is 20. The Morgan fingerprint density at radius 1 is 0.775 bits per heavy atom. The molecule has 0 aliphatic carbocycles. The van der Waals surface area contributed by atoms with Gasteiger partial charge in [0.1, 0.15) is 47.5 Å². The first-order valence-corrected chi connectivity index (χ1v) is 28.4. The molecule has 0 unspecified atom stereocenters. The fourth-order valence-electron chi connectivity index (χ4n) is 10.8. The normalized spacial score (nSPS) is 19.8. The number of hydrogen-bond acceptors (Lipinski definition) is 11. The van der Waals surface area contributed by atoms with Crippen molar-refractivity contribution in [1.29, 1.82) is 0 Å². The number of nitrogens with zero attached hydrogens (tertiary/aromatic N) is 7. The summed E-state index contributed by atoms with van der Waals surface area (Å²) in [6.07, 6.45) is -0.458. The molecule has 3 aliphatic heterocycles. The summed E-state index contributed by atoms with van der Waals surface area (Å²) in [5.41, 5.74) is 7.15. The largest absolute Gasteiger partial charge is 0.384 e. The zero-order chi connectivity index (χ0) is 57.1. The van der Waals surface area contributed by atoms with Crippen LogP contribution in [0.4, 0.5) is 26.3 Å². The molecule has 5 N–H and O–H groups in total. The highest BCUT2D eigenvalue weighted by atomic mass is 32.2. The number of nitrogens with one attached hydrogen (secondary N) is 2. The molecule has 430 valence electrons. The first kappa shape index (κ1) is 60.0. The topological polar surface area (TPSA) is 169 Å². The lowest BCUT2D eigenvalue weighted by Crippen LogP contribution is -2.49. The van der Waals surface area contributed by atoms with E-state index in [1.165, 1.54) is 23.6 Å². The van der Waals surface area contributed by atoms with E-state index in [1.54, 1.807) is 15.8 Å². The van der Waals surface area contributed by atoms with Crippen LogP contribution < -0.4 is 16.4 Å². The third kappa shape index (κ3) is 15.1. The summed E-state index contributed by atoms with van der Waals surface area (Å²) in [6, 6.07) is 24.3. The standard InChI is InChI=1S/C31H38F3N5O2S.C28H34F3N5O2/c32-24-6-7-26(33)25(14-24)28-19-38(17-21-4-2-1-3-5-21)31(37-28)30(22-8-11-41-12-9-22)39(29(40)20-42-13-10-35)18-23-15-36-16-27(23)34;1-17(37)27(38)35(16-19-13-32-14-23(19)31)24(28(2,3)4)26-33-25(21-12-20(29)10-11-22(21)30)34-36(26)15-18-8-6-5-7-9-18/h1-7,14,19,22-23,27,30,36H,8-13,15-18,20,35H2;5-12,17,19,23-24,32,37H,13-16H2,1-4H3/t23-,27-,30+;17-,19-,23-,24-/m00/s1. The third-order valence-corrected chi connectivity index (χ3v) is 15.7. The van der Waals surface area contributed by atoms with Gasteiger partial charge in [0.15, 0.2) is 11.6 Å². The van der Waals surface area contributed by atoms with Gasteiger partial charge in [0, 0.05) is 94.9 Å². The van der Waals surface area contributed by atoms with Gasteiger partial charge in [-0.3, -0.25) is 9.59 Å². The quantitative estimate of drug-likeness (QED) is 0.0427. The summed E-state index contributed by atoms with van der Waals surface area (Å²) in [5, 5.41) is 21.0. The van der Waals surface area contributed by atoms with Gasteiger partial charge in [-0.25, -0.2) is 41.0 Å². The Morgan fingerprint density at radius 2 is 1.34 bits per heavy atom. The van der Waals surface area contributed by atoms with Crippen molar-refractivity contribution < 1.29 is 45.8 Å².